The first-order chi connectivity index (χ1) is 13.3. The van der Waals surface area contributed by atoms with Gasteiger partial charge in [0.2, 0.25) is 5.78 Å². The van der Waals surface area contributed by atoms with E-state index in [0.29, 0.717) is 24.2 Å². The van der Waals surface area contributed by atoms with Crippen LogP contribution in [0.3, 0.4) is 0 Å². The minimum Gasteiger partial charge on any atom is -0.454 e. The van der Waals surface area contributed by atoms with Gasteiger partial charge in [-0.2, -0.15) is 0 Å². The number of rotatable bonds is 6. The highest BCUT2D eigenvalue weighted by Gasteiger charge is 2.22. The molecule has 3 rings (SSSR count). The van der Waals surface area contributed by atoms with Crippen LogP contribution in [-0.4, -0.2) is 35.6 Å². The summed E-state index contributed by atoms with van der Waals surface area (Å²) < 4.78 is 39.1. The van der Waals surface area contributed by atoms with Crippen LogP contribution in [0.2, 0.25) is 5.02 Å². The van der Waals surface area contributed by atoms with Crippen LogP contribution in [0.1, 0.15) is 44.9 Å². The minimum absolute atomic E-state index is 0.126. The summed E-state index contributed by atoms with van der Waals surface area (Å²) in [6.07, 6.45) is 2.13. The largest absolute Gasteiger partial charge is 0.454 e. The zero-order valence-electron chi connectivity index (χ0n) is 15.6. The van der Waals surface area contributed by atoms with E-state index in [1.807, 2.05) is 18.4 Å². The maximum Gasteiger partial charge on any atom is 0.340 e. The fraction of sp³-hybridized carbons (Fsp3) is 0.400. The second kappa shape index (κ2) is 8.41. The van der Waals surface area contributed by atoms with Gasteiger partial charge in [0.05, 0.1) is 16.7 Å². The molecule has 0 aliphatic carbocycles. The van der Waals surface area contributed by atoms with E-state index in [0.717, 1.165) is 30.8 Å². The van der Waals surface area contributed by atoms with Crippen LogP contribution in [0.25, 0.3) is 0 Å². The molecule has 0 amide bonds. The van der Waals surface area contributed by atoms with Crippen LogP contribution in [-0.2, 0) is 16.0 Å². The molecule has 1 aliphatic heterocycles. The molecule has 1 aliphatic rings. The van der Waals surface area contributed by atoms with Gasteiger partial charge in [0.1, 0.15) is 0 Å². The summed E-state index contributed by atoms with van der Waals surface area (Å²) in [7, 11) is 0. The molecule has 0 saturated carbocycles. The summed E-state index contributed by atoms with van der Waals surface area (Å²) in [5, 5.41) is -0.286. The molecule has 150 valence electrons. The van der Waals surface area contributed by atoms with Gasteiger partial charge in [-0.25, -0.2) is 13.6 Å². The summed E-state index contributed by atoms with van der Waals surface area (Å²) in [5.74, 6) is -3.78. The first kappa shape index (κ1) is 20.5. The average Bonchev–Trinajstić information content (AvgIpc) is 3.26. The molecule has 8 heteroatoms. The van der Waals surface area contributed by atoms with E-state index in [2.05, 4.69) is 0 Å². The normalized spacial score (nSPS) is 16.4. The Balaban J connectivity index is 1.68. The van der Waals surface area contributed by atoms with E-state index in [1.165, 1.54) is 0 Å². The molecule has 0 unspecified atom stereocenters. The van der Waals surface area contributed by atoms with E-state index in [9.17, 15) is 18.4 Å². The Bertz CT molecular complexity index is 919. The number of aromatic nitrogens is 1. The number of nitrogens with zero attached hydrogens (tertiary/aromatic N) is 1. The summed E-state index contributed by atoms with van der Waals surface area (Å²) in [6, 6.07) is 3.08. The zero-order valence-corrected chi connectivity index (χ0v) is 16.3. The standard InChI is InChI=1S/C20H20ClF2NO4/c1-11-6-14(12(2)24(11)9-13-4-3-5-27-13)19(25)10-28-20(26)15-7-17(22)18(23)8-16(15)21/h6-8,13H,3-5,9-10H2,1-2H3/t13-/m1/s1. The Morgan fingerprint density at radius 2 is 1.93 bits per heavy atom. The predicted octanol–water partition coefficient (Wildman–Crippen LogP) is 4.26. The molecule has 28 heavy (non-hydrogen) atoms. The third-order valence-electron chi connectivity index (χ3n) is 4.85. The van der Waals surface area contributed by atoms with E-state index >= 15 is 0 Å². The average molecular weight is 412 g/mol. The van der Waals surface area contributed by atoms with Crippen LogP contribution >= 0.6 is 11.6 Å². The van der Waals surface area contributed by atoms with Gasteiger partial charge in [0.25, 0.3) is 0 Å². The van der Waals surface area contributed by atoms with Crippen LogP contribution < -0.4 is 0 Å². The molecular weight excluding hydrogens is 392 g/mol. The SMILES string of the molecule is Cc1cc(C(=O)COC(=O)c2cc(F)c(F)cc2Cl)c(C)n1C[C@H]1CCCO1. The number of ketones is 1. The van der Waals surface area contributed by atoms with Crippen molar-refractivity contribution >= 4 is 23.4 Å². The molecule has 1 saturated heterocycles. The van der Waals surface area contributed by atoms with Crippen molar-refractivity contribution in [2.24, 2.45) is 0 Å². The van der Waals surface area contributed by atoms with E-state index < -0.39 is 30.0 Å². The zero-order chi connectivity index (χ0) is 20.4. The number of carbonyl (C=O) groups is 2. The second-order valence-electron chi connectivity index (χ2n) is 6.78. The van der Waals surface area contributed by atoms with Gasteiger partial charge in [0, 0.05) is 30.1 Å². The monoisotopic (exact) mass is 411 g/mol. The molecule has 5 nitrogen and oxygen atoms in total. The van der Waals surface area contributed by atoms with E-state index in [1.54, 1.807) is 6.07 Å². The third kappa shape index (κ3) is 4.25. The lowest BCUT2D eigenvalue weighted by Gasteiger charge is -2.14. The summed E-state index contributed by atoms with van der Waals surface area (Å²) in [5.41, 5.74) is 1.78. The van der Waals surface area contributed by atoms with Crippen molar-refractivity contribution in [2.75, 3.05) is 13.2 Å². The number of halogens is 3. The second-order valence-corrected chi connectivity index (χ2v) is 7.18. The van der Waals surface area contributed by atoms with Gasteiger partial charge in [0.15, 0.2) is 18.2 Å². The first-order valence-corrected chi connectivity index (χ1v) is 9.29. The van der Waals surface area contributed by atoms with Gasteiger partial charge in [-0.1, -0.05) is 11.6 Å². The maximum absolute atomic E-state index is 13.3. The van der Waals surface area contributed by atoms with E-state index in [4.69, 9.17) is 21.1 Å². The number of carbonyl (C=O) groups excluding carboxylic acids is 2. The van der Waals surface area contributed by atoms with Crippen molar-refractivity contribution in [1.82, 2.24) is 4.57 Å². The van der Waals surface area contributed by atoms with Crippen molar-refractivity contribution in [3.05, 3.63) is 57.4 Å². The van der Waals surface area contributed by atoms with Crippen LogP contribution in [0.4, 0.5) is 8.78 Å². The smallest absolute Gasteiger partial charge is 0.340 e. The van der Waals surface area contributed by atoms with Crippen molar-refractivity contribution < 1.29 is 27.8 Å². The number of hydrogen-bond donors (Lipinski definition) is 0. The number of aryl methyl sites for hydroxylation is 1. The maximum atomic E-state index is 13.3. The number of esters is 1. The van der Waals surface area contributed by atoms with Crippen LogP contribution in [0.15, 0.2) is 18.2 Å². The Morgan fingerprint density at radius 1 is 1.21 bits per heavy atom. The highest BCUT2D eigenvalue weighted by atomic mass is 35.5. The van der Waals surface area contributed by atoms with Gasteiger partial charge in [-0.3, -0.25) is 4.79 Å². The number of ether oxygens (including phenoxy) is 2. The quantitative estimate of drug-likeness (QED) is 0.405. The first-order valence-electron chi connectivity index (χ1n) is 8.91. The van der Waals surface area contributed by atoms with Crippen molar-refractivity contribution in [3.8, 4) is 0 Å². The Kier molecular flexibility index (Phi) is 6.15. The summed E-state index contributed by atoms with van der Waals surface area (Å²) >= 11 is 5.75. The van der Waals surface area contributed by atoms with Gasteiger partial charge >= 0.3 is 5.97 Å². The Morgan fingerprint density at radius 3 is 2.61 bits per heavy atom. The lowest BCUT2D eigenvalue weighted by molar-refractivity contribution is 0.0474. The van der Waals surface area contributed by atoms with Crippen LogP contribution in [0.5, 0.6) is 0 Å². The molecule has 1 aromatic heterocycles. The lowest BCUT2D eigenvalue weighted by Crippen LogP contribution is -2.18. The number of Topliss-reactive ketones (excluding diaryl/α,β-unsaturated/α-hetero) is 1. The Hall–Kier alpha value is -2.25. The molecule has 0 bridgehead atoms. The van der Waals surface area contributed by atoms with E-state index in [-0.39, 0.29) is 16.7 Å². The molecule has 0 radical (unpaired) electrons. The topological polar surface area (TPSA) is 57.5 Å². The summed E-state index contributed by atoms with van der Waals surface area (Å²) in [6.45, 7) is 4.60. The number of benzene rings is 1. The molecule has 1 aromatic carbocycles. The molecule has 2 aromatic rings. The Labute approximate surface area is 166 Å². The summed E-state index contributed by atoms with van der Waals surface area (Å²) in [4.78, 5) is 24.6. The fourth-order valence-electron chi connectivity index (χ4n) is 3.32. The highest BCUT2D eigenvalue weighted by molar-refractivity contribution is 6.33. The highest BCUT2D eigenvalue weighted by Crippen LogP contribution is 2.22. The van der Waals surface area contributed by atoms with Crippen molar-refractivity contribution in [2.45, 2.75) is 39.3 Å². The van der Waals surface area contributed by atoms with Crippen LogP contribution in [0, 0.1) is 25.5 Å². The molecule has 1 fully saturated rings. The van der Waals surface area contributed by atoms with Gasteiger partial charge < -0.3 is 14.0 Å². The lowest BCUT2D eigenvalue weighted by atomic mass is 10.1. The molecule has 0 spiro atoms. The molecular formula is C20H20ClF2NO4. The molecule has 0 N–H and O–H groups in total. The molecule has 1 atom stereocenters. The number of hydrogen-bond acceptors (Lipinski definition) is 4. The molecule has 2 heterocycles. The fourth-order valence-corrected chi connectivity index (χ4v) is 3.55. The minimum atomic E-state index is -1.22. The van der Waals surface area contributed by atoms with Crippen molar-refractivity contribution in [3.63, 3.8) is 0 Å². The van der Waals surface area contributed by atoms with Gasteiger partial charge in [-0.15, -0.1) is 0 Å². The van der Waals surface area contributed by atoms with Gasteiger partial charge in [-0.05, 0) is 44.9 Å². The third-order valence-corrected chi connectivity index (χ3v) is 5.16. The van der Waals surface area contributed by atoms with Crippen molar-refractivity contribution in [1.29, 1.82) is 0 Å². The predicted molar refractivity (Wildman–Crippen MR) is 98.9 cm³/mol.